The highest BCUT2D eigenvalue weighted by atomic mass is 32.2. The van der Waals surface area contributed by atoms with Gasteiger partial charge in [-0.2, -0.15) is 4.31 Å². The van der Waals surface area contributed by atoms with Crippen LogP contribution in [0.4, 0.5) is 0 Å². The molecule has 1 amide bonds. The fourth-order valence-electron chi connectivity index (χ4n) is 4.26. The minimum Gasteiger partial charge on any atom is -0.496 e. The van der Waals surface area contributed by atoms with Gasteiger partial charge in [0.05, 0.1) is 24.7 Å². The molecule has 1 aromatic carbocycles. The summed E-state index contributed by atoms with van der Waals surface area (Å²) in [7, 11) is -0.606. The van der Waals surface area contributed by atoms with Crippen LogP contribution in [0.2, 0.25) is 0 Å². The number of fused-ring (bicyclic) bond motifs is 1. The third-order valence-corrected chi connectivity index (χ3v) is 8.45. The van der Waals surface area contributed by atoms with Crippen LogP contribution in [-0.4, -0.2) is 68.6 Å². The molecule has 0 bridgehead atoms. The summed E-state index contributed by atoms with van der Waals surface area (Å²) in [5.41, 5.74) is 3.22. The number of carbonyl (C=O) groups is 1. The van der Waals surface area contributed by atoms with Gasteiger partial charge in [0.15, 0.2) is 0 Å². The Bertz CT molecular complexity index is 1090. The monoisotopic (exact) mass is 463 g/mol. The van der Waals surface area contributed by atoms with E-state index in [4.69, 9.17) is 9.47 Å². The zero-order valence-corrected chi connectivity index (χ0v) is 20.5. The van der Waals surface area contributed by atoms with Crippen molar-refractivity contribution in [3.05, 3.63) is 46.8 Å². The van der Waals surface area contributed by atoms with Gasteiger partial charge in [0.2, 0.25) is 15.9 Å². The zero-order chi connectivity index (χ0) is 23.6. The Morgan fingerprint density at radius 1 is 1.22 bits per heavy atom. The Hall–Kier alpha value is -2.36. The number of amides is 1. The van der Waals surface area contributed by atoms with Gasteiger partial charge < -0.3 is 18.9 Å². The van der Waals surface area contributed by atoms with Crippen LogP contribution >= 0.6 is 0 Å². The first-order valence-electron chi connectivity index (χ1n) is 10.7. The molecule has 2 heterocycles. The number of likely N-dealkylation sites (N-methyl/N-ethyl adjacent to an activating group) is 1. The lowest BCUT2D eigenvalue weighted by molar-refractivity contribution is -0.139. The molecule has 0 radical (unpaired) electrons. The maximum atomic E-state index is 13.2. The largest absolute Gasteiger partial charge is 0.496 e. The summed E-state index contributed by atoms with van der Waals surface area (Å²) in [5, 5.41) is 0. The smallest absolute Gasteiger partial charge is 0.249 e. The van der Waals surface area contributed by atoms with Crippen LogP contribution in [0.25, 0.3) is 0 Å². The van der Waals surface area contributed by atoms with Gasteiger partial charge in [-0.1, -0.05) is 0 Å². The van der Waals surface area contributed by atoms with Crippen molar-refractivity contribution in [2.24, 2.45) is 0 Å². The molecule has 0 N–H and O–H groups in total. The number of sulfonamides is 1. The van der Waals surface area contributed by atoms with Crippen LogP contribution < -0.4 is 4.74 Å². The minimum atomic E-state index is -3.71. The first-order chi connectivity index (χ1) is 15.1. The van der Waals surface area contributed by atoms with E-state index in [1.807, 2.05) is 37.1 Å². The number of benzene rings is 1. The van der Waals surface area contributed by atoms with Gasteiger partial charge in [0, 0.05) is 38.6 Å². The Kier molecular flexibility index (Phi) is 7.32. The highest BCUT2D eigenvalue weighted by molar-refractivity contribution is 7.89. The summed E-state index contributed by atoms with van der Waals surface area (Å²) in [6.07, 6.45) is 2.02. The molecule has 0 spiro atoms. The predicted molar refractivity (Wildman–Crippen MR) is 122 cm³/mol. The topological polar surface area (TPSA) is 81.1 Å². The molecular formula is C23H33N3O5S. The quantitative estimate of drug-likeness (QED) is 0.562. The molecule has 1 aliphatic heterocycles. The lowest BCUT2D eigenvalue weighted by Gasteiger charge is -2.35. The first-order valence-corrected chi connectivity index (χ1v) is 12.2. The van der Waals surface area contributed by atoms with Crippen LogP contribution in [0.1, 0.15) is 35.3 Å². The van der Waals surface area contributed by atoms with Gasteiger partial charge in [0.1, 0.15) is 12.4 Å². The first kappa shape index (κ1) is 24.3. The molecule has 3 rings (SSSR count). The van der Waals surface area contributed by atoms with Crippen molar-refractivity contribution in [1.29, 1.82) is 0 Å². The van der Waals surface area contributed by atoms with Crippen LogP contribution in [0, 0.1) is 20.8 Å². The molecule has 0 saturated heterocycles. The molecular weight excluding hydrogens is 430 g/mol. The Morgan fingerprint density at radius 2 is 1.94 bits per heavy atom. The highest BCUT2D eigenvalue weighted by Gasteiger charge is 2.28. The maximum absolute atomic E-state index is 13.2. The van der Waals surface area contributed by atoms with E-state index in [2.05, 4.69) is 4.57 Å². The summed E-state index contributed by atoms with van der Waals surface area (Å²) < 4.78 is 40.7. The average molecular weight is 464 g/mol. The predicted octanol–water partition coefficient (Wildman–Crippen LogP) is 2.66. The molecule has 176 valence electrons. The van der Waals surface area contributed by atoms with E-state index in [1.165, 1.54) is 11.4 Å². The second-order valence-corrected chi connectivity index (χ2v) is 10.2. The SMILES string of the molecule is COc1cc(C)c(S(=O)(=O)N(C)CCOCC(=O)N2CCn3cccc3C2C)c(C)c1C. The van der Waals surface area contributed by atoms with Crippen molar-refractivity contribution < 1.29 is 22.7 Å². The summed E-state index contributed by atoms with van der Waals surface area (Å²) in [4.78, 5) is 14.7. The van der Waals surface area contributed by atoms with Crippen molar-refractivity contribution in [3.8, 4) is 5.75 Å². The van der Waals surface area contributed by atoms with Gasteiger partial charge in [-0.3, -0.25) is 4.79 Å². The molecule has 2 aromatic rings. The van der Waals surface area contributed by atoms with Crippen molar-refractivity contribution in [3.63, 3.8) is 0 Å². The molecule has 8 nitrogen and oxygen atoms in total. The van der Waals surface area contributed by atoms with E-state index in [0.717, 1.165) is 17.8 Å². The van der Waals surface area contributed by atoms with Crippen LogP contribution in [0.3, 0.4) is 0 Å². The Balaban J connectivity index is 1.58. The number of aryl methyl sites for hydroxylation is 1. The molecule has 1 atom stereocenters. The molecule has 0 fully saturated rings. The summed E-state index contributed by atoms with van der Waals surface area (Å²) in [5.74, 6) is 0.579. The van der Waals surface area contributed by atoms with E-state index >= 15 is 0 Å². The Morgan fingerprint density at radius 3 is 2.62 bits per heavy atom. The molecule has 9 heteroatoms. The second kappa shape index (κ2) is 9.64. The highest BCUT2D eigenvalue weighted by Crippen LogP contribution is 2.32. The van der Waals surface area contributed by atoms with Crippen LogP contribution in [0.5, 0.6) is 5.75 Å². The van der Waals surface area contributed by atoms with E-state index in [0.29, 0.717) is 28.3 Å². The molecule has 1 aliphatic rings. The number of aromatic nitrogens is 1. The van der Waals surface area contributed by atoms with Gasteiger partial charge in [0.25, 0.3) is 0 Å². The second-order valence-electron chi connectivity index (χ2n) is 8.24. The standard InChI is InChI=1S/C23H33N3O5S/c1-16-14-21(30-6)17(2)18(3)23(16)32(28,29)24(5)12-13-31-15-22(27)26-11-10-25-9-7-8-20(25)19(26)4/h7-9,14,19H,10-13,15H2,1-6H3. The third kappa shape index (κ3) is 4.55. The lowest BCUT2D eigenvalue weighted by atomic mass is 10.1. The van der Waals surface area contributed by atoms with E-state index in [1.54, 1.807) is 27.0 Å². The number of methoxy groups -OCH3 is 1. The van der Waals surface area contributed by atoms with E-state index < -0.39 is 10.0 Å². The third-order valence-electron chi connectivity index (χ3n) is 6.31. The number of hydrogen-bond acceptors (Lipinski definition) is 5. The van der Waals surface area contributed by atoms with Crippen LogP contribution in [-0.2, 0) is 26.1 Å². The summed E-state index contributed by atoms with van der Waals surface area (Å²) in [6.45, 7) is 9.01. The summed E-state index contributed by atoms with van der Waals surface area (Å²) >= 11 is 0. The van der Waals surface area contributed by atoms with Crippen LogP contribution in [0.15, 0.2) is 29.3 Å². The molecule has 0 aliphatic carbocycles. The van der Waals surface area contributed by atoms with Gasteiger partial charge in [-0.15, -0.1) is 0 Å². The number of hydrogen-bond donors (Lipinski definition) is 0. The van der Waals surface area contributed by atoms with E-state index in [9.17, 15) is 13.2 Å². The van der Waals surface area contributed by atoms with Crippen molar-refractivity contribution in [1.82, 2.24) is 13.8 Å². The number of ether oxygens (including phenoxy) is 2. The molecule has 32 heavy (non-hydrogen) atoms. The van der Waals surface area contributed by atoms with Gasteiger partial charge >= 0.3 is 0 Å². The molecule has 1 aromatic heterocycles. The average Bonchev–Trinajstić information content (AvgIpc) is 3.23. The number of nitrogens with zero attached hydrogens (tertiary/aromatic N) is 3. The van der Waals surface area contributed by atoms with Gasteiger partial charge in [-0.25, -0.2) is 8.42 Å². The minimum absolute atomic E-state index is 0.0119. The fraction of sp³-hybridized carbons (Fsp3) is 0.522. The zero-order valence-electron chi connectivity index (χ0n) is 19.7. The summed E-state index contributed by atoms with van der Waals surface area (Å²) in [6, 6.07) is 5.74. The maximum Gasteiger partial charge on any atom is 0.249 e. The molecule has 0 saturated carbocycles. The molecule has 1 unspecified atom stereocenters. The van der Waals surface area contributed by atoms with Gasteiger partial charge in [-0.05, 0) is 62.6 Å². The van der Waals surface area contributed by atoms with E-state index in [-0.39, 0.29) is 31.7 Å². The lowest BCUT2D eigenvalue weighted by Crippen LogP contribution is -2.42. The fourth-order valence-corrected chi connectivity index (χ4v) is 5.89. The number of carbonyl (C=O) groups excluding carboxylic acids is 1. The van der Waals surface area contributed by atoms with Crippen molar-refractivity contribution in [2.75, 3.05) is 40.5 Å². The number of rotatable bonds is 8. The Labute approximate surface area is 190 Å². The normalized spacial score (nSPS) is 16.3. The van der Waals surface area contributed by atoms with Crippen molar-refractivity contribution >= 4 is 15.9 Å². The van der Waals surface area contributed by atoms with Crippen molar-refractivity contribution in [2.45, 2.75) is 45.2 Å².